The van der Waals surface area contributed by atoms with E-state index in [1.54, 1.807) is 0 Å². The van der Waals surface area contributed by atoms with Crippen LogP contribution in [0.3, 0.4) is 0 Å². The first kappa shape index (κ1) is 9.16. The Balaban J connectivity index is 4.27. The Morgan fingerprint density at radius 1 is 1.60 bits per heavy atom. The molecule has 0 heterocycles. The molecule has 0 N–H and O–H groups in total. The zero-order valence-corrected chi connectivity index (χ0v) is 7.10. The molecule has 0 spiro atoms. The molecule has 0 aromatic heterocycles. The SMILES string of the molecule is CCC(C)=NC(C)(C)C#N. The summed E-state index contributed by atoms with van der Waals surface area (Å²) in [4.78, 5) is 4.20. The Labute approximate surface area is 62.6 Å². The second-order valence-electron chi connectivity index (χ2n) is 2.87. The van der Waals surface area contributed by atoms with Crippen molar-refractivity contribution in [3.63, 3.8) is 0 Å². The van der Waals surface area contributed by atoms with Gasteiger partial charge in [0.05, 0.1) is 6.07 Å². The van der Waals surface area contributed by atoms with Crippen LogP contribution >= 0.6 is 0 Å². The van der Waals surface area contributed by atoms with Crippen LogP contribution in [0.5, 0.6) is 0 Å². The van der Waals surface area contributed by atoms with Crippen LogP contribution in [-0.2, 0) is 0 Å². The van der Waals surface area contributed by atoms with Gasteiger partial charge in [-0.1, -0.05) is 6.92 Å². The Kier molecular flexibility index (Phi) is 3.08. The average molecular weight is 138 g/mol. The van der Waals surface area contributed by atoms with Crippen LogP contribution in [0.4, 0.5) is 0 Å². The van der Waals surface area contributed by atoms with E-state index in [2.05, 4.69) is 11.1 Å². The molecule has 0 rings (SSSR count). The standard InChI is InChI=1S/C8H14N2/c1-5-7(2)10-8(3,4)6-9/h5H2,1-4H3. The molecule has 0 radical (unpaired) electrons. The molecule has 0 aliphatic carbocycles. The van der Waals surface area contributed by atoms with E-state index in [0.717, 1.165) is 12.1 Å². The number of hydrogen-bond acceptors (Lipinski definition) is 2. The molecule has 10 heavy (non-hydrogen) atoms. The summed E-state index contributed by atoms with van der Waals surface area (Å²) in [6, 6.07) is 2.12. The first-order valence-electron chi connectivity index (χ1n) is 3.48. The van der Waals surface area contributed by atoms with E-state index >= 15 is 0 Å². The fraction of sp³-hybridized carbons (Fsp3) is 0.750. The largest absolute Gasteiger partial charge is 0.273 e. The van der Waals surface area contributed by atoms with E-state index in [0.29, 0.717) is 0 Å². The molecule has 0 unspecified atom stereocenters. The summed E-state index contributed by atoms with van der Waals surface area (Å²) >= 11 is 0. The Morgan fingerprint density at radius 2 is 2.10 bits per heavy atom. The van der Waals surface area contributed by atoms with Crippen LogP contribution in [0, 0.1) is 11.3 Å². The van der Waals surface area contributed by atoms with Crippen molar-refractivity contribution in [2.45, 2.75) is 39.7 Å². The van der Waals surface area contributed by atoms with Gasteiger partial charge in [0.2, 0.25) is 0 Å². The molecular weight excluding hydrogens is 124 g/mol. The van der Waals surface area contributed by atoms with Crippen LogP contribution in [0.25, 0.3) is 0 Å². The lowest BCUT2D eigenvalue weighted by molar-refractivity contribution is 0.670. The highest BCUT2D eigenvalue weighted by Crippen LogP contribution is 2.07. The van der Waals surface area contributed by atoms with E-state index < -0.39 is 5.54 Å². The second-order valence-corrected chi connectivity index (χ2v) is 2.87. The monoisotopic (exact) mass is 138 g/mol. The summed E-state index contributed by atoms with van der Waals surface area (Å²) in [6.07, 6.45) is 0.922. The maximum atomic E-state index is 8.58. The van der Waals surface area contributed by atoms with Crippen molar-refractivity contribution < 1.29 is 0 Å². The molecular formula is C8H14N2. The van der Waals surface area contributed by atoms with E-state index in [1.165, 1.54) is 0 Å². The van der Waals surface area contributed by atoms with Crippen LogP contribution < -0.4 is 0 Å². The number of aliphatic imine (C=N–C) groups is 1. The fourth-order valence-electron chi connectivity index (χ4n) is 0.581. The molecule has 0 bridgehead atoms. The van der Waals surface area contributed by atoms with Crippen LogP contribution in [0.15, 0.2) is 4.99 Å². The second kappa shape index (κ2) is 3.36. The molecule has 0 fully saturated rings. The van der Waals surface area contributed by atoms with E-state index in [-0.39, 0.29) is 0 Å². The third kappa shape index (κ3) is 3.24. The molecule has 0 aromatic carbocycles. The van der Waals surface area contributed by atoms with Gasteiger partial charge in [-0.25, -0.2) is 0 Å². The van der Waals surface area contributed by atoms with Gasteiger partial charge in [-0.2, -0.15) is 5.26 Å². The molecule has 0 aliphatic rings. The molecule has 0 aliphatic heterocycles. The van der Waals surface area contributed by atoms with Crippen LogP contribution in [0.1, 0.15) is 34.1 Å². The molecule has 2 heteroatoms. The van der Waals surface area contributed by atoms with Gasteiger partial charge in [0, 0.05) is 5.71 Å². The number of rotatable bonds is 2. The molecule has 0 amide bonds. The zero-order chi connectivity index (χ0) is 8.20. The first-order chi connectivity index (χ1) is 4.52. The topological polar surface area (TPSA) is 36.1 Å². The number of nitrogens with zero attached hydrogens (tertiary/aromatic N) is 2. The molecule has 0 saturated carbocycles. The summed E-state index contributed by atoms with van der Waals surface area (Å²) in [5, 5.41) is 8.58. The van der Waals surface area contributed by atoms with Crippen molar-refractivity contribution in [2.24, 2.45) is 4.99 Å². The lowest BCUT2D eigenvalue weighted by Gasteiger charge is -2.09. The summed E-state index contributed by atoms with van der Waals surface area (Å²) < 4.78 is 0. The zero-order valence-electron chi connectivity index (χ0n) is 7.10. The van der Waals surface area contributed by atoms with Gasteiger partial charge in [0.1, 0.15) is 5.54 Å². The van der Waals surface area contributed by atoms with Gasteiger partial charge >= 0.3 is 0 Å². The van der Waals surface area contributed by atoms with Crippen molar-refractivity contribution in [3.05, 3.63) is 0 Å². The predicted octanol–water partition coefficient (Wildman–Crippen LogP) is 2.16. The third-order valence-electron chi connectivity index (χ3n) is 1.26. The third-order valence-corrected chi connectivity index (χ3v) is 1.26. The van der Waals surface area contributed by atoms with Crippen molar-refractivity contribution in [1.29, 1.82) is 5.26 Å². The van der Waals surface area contributed by atoms with Crippen LogP contribution in [0.2, 0.25) is 0 Å². The van der Waals surface area contributed by atoms with Crippen molar-refractivity contribution in [1.82, 2.24) is 0 Å². The molecule has 0 atom stereocenters. The van der Waals surface area contributed by atoms with Gasteiger partial charge in [-0.05, 0) is 27.2 Å². The smallest absolute Gasteiger partial charge is 0.141 e. The quantitative estimate of drug-likeness (QED) is 0.538. The first-order valence-corrected chi connectivity index (χ1v) is 3.48. The van der Waals surface area contributed by atoms with Gasteiger partial charge in [-0.15, -0.1) is 0 Å². The summed E-state index contributed by atoms with van der Waals surface area (Å²) in [5.74, 6) is 0. The van der Waals surface area contributed by atoms with Gasteiger partial charge < -0.3 is 0 Å². The number of hydrogen-bond donors (Lipinski definition) is 0. The van der Waals surface area contributed by atoms with Gasteiger partial charge in [0.15, 0.2) is 0 Å². The maximum Gasteiger partial charge on any atom is 0.141 e. The van der Waals surface area contributed by atoms with Gasteiger partial charge in [0.25, 0.3) is 0 Å². The highest BCUT2D eigenvalue weighted by Gasteiger charge is 2.13. The molecule has 2 nitrogen and oxygen atoms in total. The molecule has 56 valence electrons. The summed E-state index contributed by atoms with van der Waals surface area (Å²) in [5.41, 5.74) is 0.492. The molecule has 0 aromatic rings. The summed E-state index contributed by atoms with van der Waals surface area (Å²) in [7, 11) is 0. The van der Waals surface area contributed by atoms with E-state index in [1.807, 2.05) is 27.7 Å². The summed E-state index contributed by atoms with van der Waals surface area (Å²) in [6.45, 7) is 7.60. The molecule has 0 saturated heterocycles. The van der Waals surface area contributed by atoms with Crippen molar-refractivity contribution >= 4 is 5.71 Å². The normalized spacial score (nSPS) is 12.9. The highest BCUT2D eigenvalue weighted by molar-refractivity contribution is 5.82. The highest BCUT2D eigenvalue weighted by atomic mass is 14.8. The van der Waals surface area contributed by atoms with Gasteiger partial charge in [-0.3, -0.25) is 4.99 Å². The Bertz CT molecular complexity index is 172. The van der Waals surface area contributed by atoms with Crippen molar-refractivity contribution in [2.75, 3.05) is 0 Å². The fourth-order valence-corrected chi connectivity index (χ4v) is 0.581. The Hall–Kier alpha value is -0.840. The Morgan fingerprint density at radius 3 is 2.40 bits per heavy atom. The minimum absolute atomic E-state index is 0.542. The minimum atomic E-state index is -0.542. The minimum Gasteiger partial charge on any atom is -0.273 e. The lowest BCUT2D eigenvalue weighted by Crippen LogP contribution is -2.14. The maximum absolute atomic E-state index is 8.58. The average Bonchev–Trinajstić information content (AvgIpc) is 1.87. The van der Waals surface area contributed by atoms with E-state index in [9.17, 15) is 0 Å². The predicted molar refractivity (Wildman–Crippen MR) is 43.1 cm³/mol. The van der Waals surface area contributed by atoms with E-state index in [4.69, 9.17) is 5.26 Å². The van der Waals surface area contributed by atoms with Crippen LogP contribution in [-0.4, -0.2) is 11.3 Å². The lowest BCUT2D eigenvalue weighted by atomic mass is 10.1. The van der Waals surface area contributed by atoms with Crippen molar-refractivity contribution in [3.8, 4) is 6.07 Å². The number of nitriles is 1.